The van der Waals surface area contributed by atoms with Gasteiger partial charge in [-0.3, -0.25) is 0 Å². The van der Waals surface area contributed by atoms with Gasteiger partial charge < -0.3 is 0 Å². The van der Waals surface area contributed by atoms with E-state index >= 15 is 0 Å². The highest BCUT2D eigenvalue weighted by molar-refractivity contribution is 5.41. The molecule has 1 aromatic carbocycles. The minimum atomic E-state index is 0.306. The van der Waals surface area contributed by atoms with Crippen LogP contribution >= 0.6 is 0 Å². The summed E-state index contributed by atoms with van der Waals surface area (Å²) in [7, 11) is 0. The van der Waals surface area contributed by atoms with Crippen LogP contribution in [0.1, 0.15) is 49.4 Å². The number of hydrogen-bond acceptors (Lipinski definition) is 0. The van der Waals surface area contributed by atoms with Crippen LogP contribution in [0.15, 0.2) is 12.1 Å². The van der Waals surface area contributed by atoms with Crippen molar-refractivity contribution in [2.24, 2.45) is 0 Å². The molecule has 0 saturated heterocycles. The number of aryl methyl sites for hydroxylation is 2. The van der Waals surface area contributed by atoms with Crippen LogP contribution in [-0.4, -0.2) is 0 Å². The second-order valence-electron chi connectivity index (χ2n) is 4.99. The van der Waals surface area contributed by atoms with Gasteiger partial charge in [0.1, 0.15) is 0 Å². The van der Waals surface area contributed by atoms with Crippen molar-refractivity contribution in [3.05, 3.63) is 34.4 Å². The smallest absolute Gasteiger partial charge is 0.0103 e. The highest BCUT2D eigenvalue weighted by atomic mass is 14.3. The summed E-state index contributed by atoms with van der Waals surface area (Å²) < 4.78 is 0. The van der Waals surface area contributed by atoms with Gasteiger partial charge in [0.15, 0.2) is 0 Å². The predicted molar refractivity (Wildman–Crippen MR) is 64.0 cm³/mol. The first-order valence-electron chi connectivity index (χ1n) is 5.47. The van der Waals surface area contributed by atoms with Crippen molar-refractivity contribution in [2.75, 3.05) is 0 Å². The van der Waals surface area contributed by atoms with Gasteiger partial charge >= 0.3 is 0 Å². The van der Waals surface area contributed by atoms with Crippen molar-refractivity contribution in [3.63, 3.8) is 0 Å². The summed E-state index contributed by atoms with van der Waals surface area (Å²) in [5.74, 6) is 0. The second kappa shape index (κ2) is 3.76. The summed E-state index contributed by atoms with van der Waals surface area (Å²) in [6, 6.07) is 4.61. The largest absolute Gasteiger partial charge is 0.0646 e. The summed E-state index contributed by atoms with van der Waals surface area (Å²) in [6.45, 7) is 13.5. The second-order valence-corrected chi connectivity index (χ2v) is 4.99. The Hall–Kier alpha value is -0.780. The van der Waals surface area contributed by atoms with Gasteiger partial charge in [-0.1, -0.05) is 38.5 Å². The molecular formula is C14H22. The Labute approximate surface area is 88.4 Å². The van der Waals surface area contributed by atoms with Gasteiger partial charge in [0.05, 0.1) is 0 Å². The molecular weight excluding hydrogens is 168 g/mol. The molecule has 0 spiro atoms. The minimum absolute atomic E-state index is 0.306. The number of rotatable bonds is 2. The van der Waals surface area contributed by atoms with Gasteiger partial charge in [-0.25, -0.2) is 0 Å². The van der Waals surface area contributed by atoms with E-state index in [1.807, 2.05) is 0 Å². The molecule has 0 aliphatic rings. The van der Waals surface area contributed by atoms with Crippen LogP contribution in [0, 0.1) is 20.8 Å². The molecule has 0 N–H and O–H groups in total. The first-order valence-corrected chi connectivity index (χ1v) is 5.47. The molecule has 0 atom stereocenters. The van der Waals surface area contributed by atoms with Crippen molar-refractivity contribution >= 4 is 0 Å². The van der Waals surface area contributed by atoms with Crippen LogP contribution in [0.2, 0.25) is 0 Å². The average molecular weight is 190 g/mol. The zero-order valence-electron chi connectivity index (χ0n) is 10.4. The molecule has 0 unspecified atom stereocenters. The molecule has 0 amide bonds. The van der Waals surface area contributed by atoms with Crippen LogP contribution in [0.25, 0.3) is 0 Å². The van der Waals surface area contributed by atoms with Crippen LogP contribution < -0.4 is 0 Å². The maximum atomic E-state index is 2.34. The van der Waals surface area contributed by atoms with E-state index in [1.54, 1.807) is 0 Å². The van der Waals surface area contributed by atoms with Gasteiger partial charge in [-0.05, 0) is 49.3 Å². The summed E-state index contributed by atoms with van der Waals surface area (Å²) in [5, 5.41) is 0. The molecule has 0 bridgehead atoms. The molecule has 0 heterocycles. The SMILES string of the molecule is CCC(C)(C)c1cc(C)cc(C)c1C. The van der Waals surface area contributed by atoms with Gasteiger partial charge in [-0.15, -0.1) is 0 Å². The van der Waals surface area contributed by atoms with E-state index in [4.69, 9.17) is 0 Å². The Morgan fingerprint density at radius 1 is 1.07 bits per heavy atom. The zero-order valence-corrected chi connectivity index (χ0v) is 10.4. The fourth-order valence-electron chi connectivity index (χ4n) is 1.93. The van der Waals surface area contributed by atoms with E-state index in [-0.39, 0.29) is 0 Å². The Kier molecular flexibility index (Phi) is 3.04. The molecule has 0 heteroatoms. The third-order valence-electron chi connectivity index (χ3n) is 3.42. The molecule has 78 valence electrons. The van der Waals surface area contributed by atoms with Crippen molar-refractivity contribution in [1.82, 2.24) is 0 Å². The summed E-state index contributed by atoms with van der Waals surface area (Å²) in [5.41, 5.74) is 6.08. The van der Waals surface area contributed by atoms with Crippen LogP contribution in [0.4, 0.5) is 0 Å². The maximum absolute atomic E-state index is 2.34. The third kappa shape index (κ3) is 2.00. The van der Waals surface area contributed by atoms with E-state index < -0.39 is 0 Å². The number of benzene rings is 1. The average Bonchev–Trinajstić information content (AvgIpc) is 2.11. The van der Waals surface area contributed by atoms with E-state index in [2.05, 4.69) is 53.7 Å². The van der Waals surface area contributed by atoms with E-state index in [1.165, 1.54) is 28.7 Å². The van der Waals surface area contributed by atoms with E-state index in [0.29, 0.717) is 5.41 Å². The molecule has 14 heavy (non-hydrogen) atoms. The van der Waals surface area contributed by atoms with Crippen LogP contribution in [0.5, 0.6) is 0 Å². The van der Waals surface area contributed by atoms with E-state index in [9.17, 15) is 0 Å². The molecule has 0 saturated carbocycles. The lowest BCUT2D eigenvalue weighted by Gasteiger charge is -2.27. The van der Waals surface area contributed by atoms with Crippen molar-refractivity contribution in [1.29, 1.82) is 0 Å². The molecule has 0 radical (unpaired) electrons. The van der Waals surface area contributed by atoms with Gasteiger partial charge in [0, 0.05) is 0 Å². The lowest BCUT2D eigenvalue weighted by atomic mass is 9.78. The lowest BCUT2D eigenvalue weighted by molar-refractivity contribution is 0.502. The number of hydrogen-bond donors (Lipinski definition) is 0. The van der Waals surface area contributed by atoms with Crippen LogP contribution in [0.3, 0.4) is 0 Å². The first-order chi connectivity index (χ1) is 6.38. The summed E-state index contributed by atoms with van der Waals surface area (Å²) in [6.07, 6.45) is 1.19. The Morgan fingerprint density at radius 3 is 2.14 bits per heavy atom. The Balaban J connectivity index is 3.34. The standard InChI is InChI=1S/C14H22/c1-7-14(5,6)13-9-10(2)8-11(3)12(13)4/h8-9H,7H2,1-6H3. The fraction of sp³-hybridized carbons (Fsp3) is 0.571. The van der Waals surface area contributed by atoms with Gasteiger partial charge in [0.25, 0.3) is 0 Å². The first kappa shape index (κ1) is 11.3. The topological polar surface area (TPSA) is 0 Å². The maximum Gasteiger partial charge on any atom is -0.0103 e. The highest BCUT2D eigenvalue weighted by Gasteiger charge is 2.20. The zero-order chi connectivity index (χ0) is 10.9. The molecule has 0 fully saturated rings. The van der Waals surface area contributed by atoms with Crippen molar-refractivity contribution in [3.8, 4) is 0 Å². The monoisotopic (exact) mass is 190 g/mol. The Morgan fingerprint density at radius 2 is 1.64 bits per heavy atom. The molecule has 0 nitrogen and oxygen atoms in total. The van der Waals surface area contributed by atoms with Crippen molar-refractivity contribution in [2.45, 2.75) is 53.4 Å². The van der Waals surface area contributed by atoms with Gasteiger partial charge in [-0.2, -0.15) is 0 Å². The fourth-order valence-corrected chi connectivity index (χ4v) is 1.93. The van der Waals surface area contributed by atoms with Crippen molar-refractivity contribution < 1.29 is 0 Å². The highest BCUT2D eigenvalue weighted by Crippen LogP contribution is 2.31. The predicted octanol–water partition coefficient (Wildman–Crippen LogP) is 4.30. The summed E-state index contributed by atoms with van der Waals surface area (Å²) in [4.78, 5) is 0. The normalized spacial score (nSPS) is 11.9. The molecule has 1 rings (SSSR count). The summed E-state index contributed by atoms with van der Waals surface area (Å²) >= 11 is 0. The lowest BCUT2D eigenvalue weighted by Crippen LogP contribution is -2.17. The Bertz CT molecular complexity index is 332. The van der Waals surface area contributed by atoms with Crippen LogP contribution in [-0.2, 0) is 5.41 Å². The van der Waals surface area contributed by atoms with Gasteiger partial charge in [0.2, 0.25) is 0 Å². The molecule has 0 aliphatic carbocycles. The van der Waals surface area contributed by atoms with E-state index in [0.717, 1.165) is 0 Å². The molecule has 1 aromatic rings. The third-order valence-corrected chi connectivity index (χ3v) is 3.42. The minimum Gasteiger partial charge on any atom is -0.0646 e. The quantitative estimate of drug-likeness (QED) is 0.652. The molecule has 0 aliphatic heterocycles. The molecule has 0 aromatic heterocycles.